The number of primary amides is 1. The zero-order chi connectivity index (χ0) is 23.9. The predicted octanol–water partition coefficient (Wildman–Crippen LogP) is 2.71. The average Bonchev–Trinajstić information content (AvgIpc) is 3.10. The van der Waals surface area contributed by atoms with E-state index in [2.05, 4.69) is 0 Å². The number of rotatable bonds is 3. The van der Waals surface area contributed by atoms with Gasteiger partial charge in [-0.15, -0.1) is 0 Å². The number of hydrogen-bond donors (Lipinski definition) is 2. The largest absolute Gasteiger partial charge is 0.480 e. The van der Waals surface area contributed by atoms with Gasteiger partial charge >= 0.3 is 6.09 Å². The van der Waals surface area contributed by atoms with Crippen LogP contribution in [0.3, 0.4) is 0 Å². The number of nitrogens with zero attached hydrogens (tertiary/aromatic N) is 4. The van der Waals surface area contributed by atoms with Gasteiger partial charge in [0.25, 0.3) is 5.91 Å². The van der Waals surface area contributed by atoms with E-state index in [4.69, 9.17) is 26.0 Å². The molecule has 0 saturated carbocycles. The zero-order valence-corrected chi connectivity index (χ0v) is 19.6. The highest BCUT2D eigenvalue weighted by Crippen LogP contribution is 2.39. The van der Waals surface area contributed by atoms with Crippen molar-refractivity contribution >= 4 is 23.5 Å². The first-order chi connectivity index (χ1) is 15.5. The predicted molar refractivity (Wildman–Crippen MR) is 124 cm³/mol. The van der Waals surface area contributed by atoms with Gasteiger partial charge in [-0.25, -0.2) is 9.48 Å². The molecule has 2 aromatic rings. The summed E-state index contributed by atoms with van der Waals surface area (Å²) in [5, 5.41) is 4.71. The molecule has 1 fully saturated rings. The number of carbonyl (C=O) groups excluding carboxylic acids is 2. The molecule has 3 heterocycles. The van der Waals surface area contributed by atoms with E-state index in [0.29, 0.717) is 31.1 Å². The highest BCUT2D eigenvalue weighted by Gasteiger charge is 2.36. The van der Waals surface area contributed by atoms with Gasteiger partial charge in [0, 0.05) is 20.1 Å². The highest BCUT2D eigenvalue weighted by molar-refractivity contribution is 5.98. The van der Waals surface area contributed by atoms with Crippen molar-refractivity contribution in [3.8, 4) is 5.75 Å². The van der Waals surface area contributed by atoms with Crippen molar-refractivity contribution in [2.24, 2.45) is 5.73 Å². The molecule has 0 radical (unpaired) electrons. The van der Waals surface area contributed by atoms with E-state index in [0.717, 1.165) is 18.5 Å². The van der Waals surface area contributed by atoms with Crippen LogP contribution in [0.25, 0.3) is 0 Å². The number of likely N-dealkylation sites (tertiary alicyclic amines) is 1. The van der Waals surface area contributed by atoms with Crippen LogP contribution in [0, 0.1) is 0 Å². The number of nitrogens with two attached hydrogens (primary N) is 2. The fraction of sp³-hybridized carbons (Fsp3) is 0.522. The van der Waals surface area contributed by atoms with Crippen LogP contribution >= 0.6 is 0 Å². The van der Waals surface area contributed by atoms with Crippen molar-refractivity contribution in [1.82, 2.24) is 14.7 Å². The first-order valence-electron chi connectivity index (χ1n) is 11.2. The van der Waals surface area contributed by atoms with Gasteiger partial charge in [0.1, 0.15) is 28.4 Å². The Bertz CT molecular complexity index is 1060. The zero-order valence-electron chi connectivity index (χ0n) is 19.6. The molecule has 2 aliphatic heterocycles. The van der Waals surface area contributed by atoms with Crippen molar-refractivity contribution < 1.29 is 19.1 Å². The Hall–Kier alpha value is -3.43. The molecule has 10 heteroatoms. The number of benzene rings is 1. The van der Waals surface area contributed by atoms with Crippen LogP contribution in [0.15, 0.2) is 24.3 Å². The number of carbonyl (C=O) groups is 2. The Morgan fingerprint density at radius 3 is 2.64 bits per heavy atom. The van der Waals surface area contributed by atoms with Crippen LogP contribution in [-0.2, 0) is 4.74 Å². The molecule has 1 unspecified atom stereocenters. The van der Waals surface area contributed by atoms with E-state index in [-0.39, 0.29) is 23.5 Å². The summed E-state index contributed by atoms with van der Waals surface area (Å²) in [6.07, 6.45) is 0.640. The summed E-state index contributed by atoms with van der Waals surface area (Å²) in [5.41, 5.74) is 13.1. The maximum atomic E-state index is 12.6. The smallest absolute Gasteiger partial charge is 0.410 e. The average molecular weight is 457 g/mol. The van der Waals surface area contributed by atoms with Gasteiger partial charge in [-0.05, 0) is 45.7 Å². The number of piperidine rings is 1. The molecule has 0 bridgehead atoms. The molecule has 4 rings (SSSR count). The molecule has 2 aliphatic rings. The lowest BCUT2D eigenvalue weighted by Gasteiger charge is -2.34. The number of hydrogen-bond acceptors (Lipinski definition) is 7. The first kappa shape index (κ1) is 22.8. The second kappa shape index (κ2) is 8.49. The minimum absolute atomic E-state index is 0.169. The van der Waals surface area contributed by atoms with E-state index in [9.17, 15) is 9.59 Å². The van der Waals surface area contributed by atoms with Gasteiger partial charge in [0.05, 0.1) is 18.3 Å². The van der Waals surface area contributed by atoms with E-state index in [1.54, 1.807) is 9.58 Å². The van der Waals surface area contributed by atoms with Crippen molar-refractivity contribution in [2.75, 3.05) is 37.3 Å². The Labute approximate surface area is 193 Å². The summed E-state index contributed by atoms with van der Waals surface area (Å²) in [5.74, 6) is 0.242. The maximum Gasteiger partial charge on any atom is 0.410 e. The van der Waals surface area contributed by atoms with E-state index >= 15 is 0 Å². The molecule has 0 aliphatic carbocycles. The Balaban J connectivity index is 1.63. The number of nitrogen functional groups attached to an aromatic ring is 1. The second-order valence-electron chi connectivity index (χ2n) is 9.63. The van der Waals surface area contributed by atoms with Gasteiger partial charge in [0.2, 0.25) is 0 Å². The number of amides is 2. The van der Waals surface area contributed by atoms with Crippen LogP contribution in [-0.4, -0.2) is 59.0 Å². The van der Waals surface area contributed by atoms with Gasteiger partial charge in [-0.2, -0.15) is 5.10 Å². The van der Waals surface area contributed by atoms with Crippen molar-refractivity contribution in [3.63, 3.8) is 0 Å². The molecule has 1 aromatic heterocycles. The molecule has 1 aromatic carbocycles. The fourth-order valence-electron chi connectivity index (χ4n) is 4.42. The van der Waals surface area contributed by atoms with E-state index < -0.39 is 17.6 Å². The van der Waals surface area contributed by atoms with Gasteiger partial charge in [0.15, 0.2) is 6.10 Å². The number of anilines is 2. The normalized spacial score (nSPS) is 20.7. The minimum atomic E-state index is -0.654. The molecular weight excluding hydrogens is 424 g/mol. The molecule has 10 nitrogen and oxygen atoms in total. The quantitative estimate of drug-likeness (QED) is 0.726. The Kier molecular flexibility index (Phi) is 5.85. The third-order valence-corrected chi connectivity index (χ3v) is 5.91. The van der Waals surface area contributed by atoms with E-state index in [1.807, 2.05) is 57.0 Å². The molecule has 4 N–H and O–H groups in total. The van der Waals surface area contributed by atoms with Crippen LogP contribution in [0.5, 0.6) is 5.75 Å². The number of ether oxygens (including phenoxy) is 2. The number of likely N-dealkylation sites (N-methyl/N-ethyl adjacent to an activating group) is 1. The van der Waals surface area contributed by atoms with Crippen molar-refractivity contribution in [1.29, 1.82) is 0 Å². The number of para-hydroxylation sites is 2. The topological polar surface area (TPSA) is 129 Å². The molecule has 2 atom stereocenters. The number of fused-ring (bicyclic) bond motifs is 1. The van der Waals surface area contributed by atoms with Crippen LogP contribution in [0.2, 0.25) is 0 Å². The van der Waals surface area contributed by atoms with Crippen LogP contribution in [0.1, 0.15) is 61.8 Å². The third kappa shape index (κ3) is 4.55. The van der Waals surface area contributed by atoms with Gasteiger partial charge in [-0.1, -0.05) is 12.1 Å². The lowest BCUT2D eigenvalue weighted by Crippen LogP contribution is -2.43. The Morgan fingerprint density at radius 1 is 1.21 bits per heavy atom. The van der Waals surface area contributed by atoms with Crippen LogP contribution < -0.4 is 21.1 Å². The highest BCUT2D eigenvalue weighted by atomic mass is 16.6. The minimum Gasteiger partial charge on any atom is -0.480 e. The van der Waals surface area contributed by atoms with E-state index in [1.165, 1.54) is 0 Å². The lowest BCUT2D eigenvalue weighted by atomic mass is 10.1. The van der Waals surface area contributed by atoms with Gasteiger partial charge < -0.3 is 30.7 Å². The summed E-state index contributed by atoms with van der Waals surface area (Å²) >= 11 is 0. The van der Waals surface area contributed by atoms with Crippen LogP contribution in [0.4, 0.5) is 16.3 Å². The second-order valence-corrected chi connectivity index (χ2v) is 9.63. The lowest BCUT2D eigenvalue weighted by molar-refractivity contribution is 0.0167. The summed E-state index contributed by atoms with van der Waals surface area (Å²) < 4.78 is 13.3. The Morgan fingerprint density at radius 2 is 1.94 bits per heavy atom. The first-order valence-corrected chi connectivity index (χ1v) is 11.2. The molecule has 33 heavy (non-hydrogen) atoms. The summed E-state index contributed by atoms with van der Waals surface area (Å²) in [6.45, 7) is 6.97. The number of aromatic nitrogens is 2. The molecule has 178 valence electrons. The fourth-order valence-corrected chi connectivity index (χ4v) is 4.42. The monoisotopic (exact) mass is 456 g/mol. The summed E-state index contributed by atoms with van der Waals surface area (Å²) in [6, 6.07) is 7.49. The molecule has 1 saturated heterocycles. The van der Waals surface area contributed by atoms with Crippen molar-refractivity contribution in [3.05, 3.63) is 35.5 Å². The molecule has 0 spiro atoms. The maximum absolute atomic E-state index is 12.6. The molecular formula is C23H32N6O4. The third-order valence-electron chi connectivity index (χ3n) is 5.91. The SMILES string of the molecule is CN1CC(c2nn([C@@H]3CCCN(C(=O)OC(C)(C)C)C3)c(N)c2C(N)=O)Oc2ccccc21. The standard InChI is InChI=1S/C23H32N6O4/c1-23(2,3)33-22(31)28-11-7-8-14(12-28)29-20(24)18(21(25)30)19(26-29)17-13-27(4)15-9-5-6-10-16(15)32-17/h5-6,9-10,14,17H,7-8,11-13,24H2,1-4H3,(H2,25,30)/t14-,17?/m1/s1. The summed E-state index contributed by atoms with van der Waals surface area (Å²) in [7, 11) is 1.96. The summed E-state index contributed by atoms with van der Waals surface area (Å²) in [4.78, 5) is 28.7. The molecule has 2 amide bonds. The van der Waals surface area contributed by atoms with Gasteiger partial charge in [-0.3, -0.25) is 4.79 Å². The van der Waals surface area contributed by atoms with Crippen molar-refractivity contribution in [2.45, 2.75) is 51.4 Å².